The maximum Gasteiger partial charge on any atom is 0.334 e. The van der Waals surface area contributed by atoms with Crippen molar-refractivity contribution in [2.45, 2.75) is 83.6 Å². The van der Waals surface area contributed by atoms with E-state index < -0.39 is 50.5 Å². The van der Waals surface area contributed by atoms with E-state index in [4.69, 9.17) is 28.1 Å². The summed E-state index contributed by atoms with van der Waals surface area (Å²) < 4.78 is 34.8. The summed E-state index contributed by atoms with van der Waals surface area (Å²) in [4.78, 5) is 39.2. The number of benzene rings is 1. The van der Waals surface area contributed by atoms with Gasteiger partial charge in [-0.05, 0) is 48.8 Å². The van der Waals surface area contributed by atoms with Crippen LogP contribution in [0.5, 0.6) is 5.75 Å². The molecule has 4 atom stereocenters. The molecule has 42 heavy (non-hydrogen) atoms. The first-order valence-electron chi connectivity index (χ1n) is 14.2. The van der Waals surface area contributed by atoms with E-state index in [1.165, 1.54) is 21.1 Å². The van der Waals surface area contributed by atoms with Crippen LogP contribution in [0.25, 0.3) is 0 Å². The summed E-state index contributed by atoms with van der Waals surface area (Å²) in [7, 11) is 1.82. The molecule has 0 radical (unpaired) electrons. The smallest absolute Gasteiger partial charge is 0.334 e. The molecule has 10 heteroatoms. The highest BCUT2D eigenvalue weighted by Crippen LogP contribution is 2.38. The van der Waals surface area contributed by atoms with Gasteiger partial charge in [0, 0.05) is 25.7 Å². The molecule has 1 aromatic rings. The molecule has 2 rings (SSSR count). The highest BCUT2D eigenvalue weighted by molar-refractivity contribution is 6.71. The van der Waals surface area contributed by atoms with Crippen molar-refractivity contribution in [2.24, 2.45) is 5.92 Å². The van der Waals surface area contributed by atoms with Crippen LogP contribution < -0.4 is 4.74 Å². The Labute approximate surface area is 251 Å². The standard InChI is InChI=1S/C32H46O9Si/c1-10-12-25-29(32(35)38-7)26(31(34)37-6)18-21(3)27(41-42(8,9)17-11-2)19-28(30(25)40-22(4)33)39-20-23-13-15-24(36-5)16-14-23/h11,13-16,25,27-28,30H,2-3,10,12,17-20H2,1,4-9H3/b29-26-/t25-,27+,28-,30-/m1/s1. The van der Waals surface area contributed by atoms with Gasteiger partial charge < -0.3 is 28.1 Å². The number of carbonyl (C=O) groups excluding carboxylic acids is 3. The van der Waals surface area contributed by atoms with Crippen molar-refractivity contribution >= 4 is 26.2 Å². The molecule has 0 bridgehead atoms. The molecule has 0 aliphatic heterocycles. The number of ether oxygens (including phenoxy) is 5. The van der Waals surface area contributed by atoms with Crippen LogP contribution in [0.15, 0.2) is 60.2 Å². The molecule has 0 spiro atoms. The lowest BCUT2D eigenvalue weighted by Gasteiger charge is -2.36. The molecular formula is C32H46O9Si. The van der Waals surface area contributed by atoms with Gasteiger partial charge in [-0.15, -0.1) is 6.58 Å². The molecule has 0 saturated heterocycles. The first-order valence-corrected chi connectivity index (χ1v) is 17.3. The summed E-state index contributed by atoms with van der Waals surface area (Å²) in [5.41, 5.74) is 1.66. The SMILES string of the molecule is C=CC[Si](C)(C)O[C@H]1C[C@@H](OCc2ccc(OC)cc2)[C@H](OC(C)=O)[C@H](CCC)/C(C(=O)OC)=C(/C(=O)OC)CC1=C. The Kier molecular flexibility index (Phi) is 13.7. The van der Waals surface area contributed by atoms with Crippen LogP contribution in [0.3, 0.4) is 0 Å². The van der Waals surface area contributed by atoms with E-state index in [1.807, 2.05) is 37.3 Å². The second-order valence-electron chi connectivity index (χ2n) is 11.0. The summed E-state index contributed by atoms with van der Waals surface area (Å²) in [5.74, 6) is -1.93. The van der Waals surface area contributed by atoms with Gasteiger partial charge in [-0.2, -0.15) is 0 Å². The van der Waals surface area contributed by atoms with Crippen LogP contribution in [-0.2, 0) is 44.4 Å². The fourth-order valence-corrected chi connectivity index (χ4v) is 7.08. The first kappa shape index (κ1) is 35.0. The zero-order chi connectivity index (χ0) is 31.4. The monoisotopic (exact) mass is 602 g/mol. The largest absolute Gasteiger partial charge is 0.497 e. The van der Waals surface area contributed by atoms with Crippen molar-refractivity contribution in [2.75, 3.05) is 21.3 Å². The summed E-state index contributed by atoms with van der Waals surface area (Å²) in [6.07, 6.45) is 0.959. The molecule has 0 amide bonds. The summed E-state index contributed by atoms with van der Waals surface area (Å²) in [6, 6.07) is 8.14. The fraction of sp³-hybridized carbons (Fsp3) is 0.531. The van der Waals surface area contributed by atoms with Gasteiger partial charge in [0.05, 0.1) is 51.3 Å². The molecule has 0 unspecified atom stereocenters. The summed E-state index contributed by atoms with van der Waals surface area (Å²) >= 11 is 0. The van der Waals surface area contributed by atoms with E-state index in [1.54, 1.807) is 7.11 Å². The number of methoxy groups -OCH3 is 3. The maximum atomic E-state index is 13.4. The minimum atomic E-state index is -2.28. The molecule has 9 nitrogen and oxygen atoms in total. The minimum Gasteiger partial charge on any atom is -0.497 e. The van der Waals surface area contributed by atoms with Gasteiger partial charge in [0.25, 0.3) is 0 Å². The lowest BCUT2D eigenvalue weighted by Crippen LogP contribution is -2.44. The van der Waals surface area contributed by atoms with Crippen LogP contribution in [0.2, 0.25) is 19.1 Å². The lowest BCUT2D eigenvalue weighted by molar-refractivity contribution is -0.163. The molecule has 1 aliphatic carbocycles. The van der Waals surface area contributed by atoms with Gasteiger partial charge in [-0.3, -0.25) is 4.79 Å². The molecule has 1 aromatic carbocycles. The van der Waals surface area contributed by atoms with Gasteiger partial charge in [0.1, 0.15) is 11.9 Å². The highest BCUT2D eigenvalue weighted by Gasteiger charge is 2.44. The van der Waals surface area contributed by atoms with Gasteiger partial charge in [-0.25, -0.2) is 9.59 Å². The summed E-state index contributed by atoms with van der Waals surface area (Å²) in [6.45, 7) is 15.8. The van der Waals surface area contributed by atoms with Gasteiger partial charge in [0.2, 0.25) is 0 Å². The van der Waals surface area contributed by atoms with E-state index >= 15 is 0 Å². The third-order valence-corrected chi connectivity index (χ3v) is 9.42. The molecular weight excluding hydrogens is 556 g/mol. The molecule has 0 heterocycles. The van der Waals surface area contributed by atoms with Crippen molar-refractivity contribution in [1.82, 2.24) is 0 Å². The van der Waals surface area contributed by atoms with E-state index in [0.717, 1.165) is 5.56 Å². The van der Waals surface area contributed by atoms with Crippen LogP contribution in [0.4, 0.5) is 0 Å². The lowest BCUT2D eigenvalue weighted by atomic mass is 9.82. The Balaban J connectivity index is 2.77. The zero-order valence-electron chi connectivity index (χ0n) is 26.0. The number of esters is 3. The highest BCUT2D eigenvalue weighted by atomic mass is 28.4. The quantitative estimate of drug-likeness (QED) is 0.122. The molecule has 1 aliphatic rings. The Morgan fingerprint density at radius 3 is 2.21 bits per heavy atom. The Hall–Kier alpha value is -3.21. The topological polar surface area (TPSA) is 107 Å². The van der Waals surface area contributed by atoms with Crippen molar-refractivity contribution in [3.05, 3.63) is 65.8 Å². The average Bonchev–Trinajstić information content (AvgIpc) is 2.99. The Bertz CT molecular complexity index is 1140. The van der Waals surface area contributed by atoms with Crippen LogP contribution in [0.1, 0.15) is 45.1 Å². The molecule has 0 N–H and O–H groups in total. The number of hydrogen-bond donors (Lipinski definition) is 0. The predicted molar refractivity (Wildman–Crippen MR) is 162 cm³/mol. The van der Waals surface area contributed by atoms with E-state index in [0.29, 0.717) is 30.2 Å². The van der Waals surface area contributed by atoms with Crippen molar-refractivity contribution in [1.29, 1.82) is 0 Å². The van der Waals surface area contributed by atoms with Crippen molar-refractivity contribution < 1.29 is 42.5 Å². The van der Waals surface area contributed by atoms with Crippen LogP contribution in [-0.4, -0.2) is 65.9 Å². The number of rotatable bonds is 13. The van der Waals surface area contributed by atoms with Crippen molar-refractivity contribution in [3.8, 4) is 5.75 Å². The van der Waals surface area contributed by atoms with E-state index in [9.17, 15) is 14.4 Å². The maximum absolute atomic E-state index is 13.4. The van der Waals surface area contributed by atoms with Crippen LogP contribution in [0, 0.1) is 5.92 Å². The van der Waals surface area contributed by atoms with Crippen molar-refractivity contribution in [3.63, 3.8) is 0 Å². The second-order valence-corrected chi connectivity index (χ2v) is 15.1. The number of allylic oxidation sites excluding steroid dienone is 1. The molecule has 0 fully saturated rings. The third kappa shape index (κ3) is 9.67. The number of hydrogen-bond acceptors (Lipinski definition) is 9. The molecule has 0 aromatic heterocycles. The predicted octanol–water partition coefficient (Wildman–Crippen LogP) is 5.70. The average molecular weight is 603 g/mol. The summed E-state index contributed by atoms with van der Waals surface area (Å²) in [5, 5.41) is 0. The van der Waals surface area contributed by atoms with Gasteiger partial charge in [-0.1, -0.05) is 38.1 Å². The molecule has 0 saturated carbocycles. The zero-order valence-corrected chi connectivity index (χ0v) is 27.0. The van der Waals surface area contributed by atoms with Gasteiger partial charge in [0.15, 0.2) is 8.32 Å². The Morgan fingerprint density at radius 1 is 1.05 bits per heavy atom. The fourth-order valence-electron chi connectivity index (χ4n) is 5.25. The van der Waals surface area contributed by atoms with E-state index in [2.05, 4.69) is 26.3 Å². The first-order chi connectivity index (χ1) is 19.9. The second kappa shape index (κ2) is 16.4. The van der Waals surface area contributed by atoms with Gasteiger partial charge >= 0.3 is 17.9 Å². The third-order valence-electron chi connectivity index (χ3n) is 7.22. The van der Waals surface area contributed by atoms with Crippen LogP contribution >= 0.6 is 0 Å². The molecule has 232 valence electrons. The number of carbonyl (C=O) groups is 3. The van der Waals surface area contributed by atoms with E-state index in [-0.39, 0.29) is 30.6 Å². The minimum absolute atomic E-state index is 0.0263. The Morgan fingerprint density at radius 2 is 1.69 bits per heavy atom. The normalized spacial score (nSPS) is 23.2.